The molecule has 1 fully saturated rings. The summed E-state index contributed by atoms with van der Waals surface area (Å²) >= 11 is 0. The molecule has 1 aliphatic heterocycles. The second kappa shape index (κ2) is 7.94. The number of rotatable bonds is 8. The van der Waals surface area contributed by atoms with Crippen molar-refractivity contribution in [1.29, 1.82) is 0 Å². The summed E-state index contributed by atoms with van der Waals surface area (Å²) in [6, 6.07) is 0.516. The summed E-state index contributed by atoms with van der Waals surface area (Å²) in [6.07, 6.45) is 5.73. The number of amides is 1. The largest absolute Gasteiger partial charge is 0.356 e. The van der Waals surface area contributed by atoms with E-state index >= 15 is 0 Å². The molecular weight excluding hydrogens is 256 g/mol. The minimum Gasteiger partial charge on any atom is -0.356 e. The van der Waals surface area contributed by atoms with Crippen LogP contribution in [0.2, 0.25) is 0 Å². The number of H-pyrrole nitrogens is 1. The van der Waals surface area contributed by atoms with Crippen molar-refractivity contribution >= 4 is 5.91 Å². The molecule has 0 radical (unpaired) electrons. The molecule has 20 heavy (non-hydrogen) atoms. The Morgan fingerprint density at radius 1 is 1.45 bits per heavy atom. The fraction of sp³-hybridized carbons (Fsp3) is 0.846. The Balaban J connectivity index is 1.51. The third-order valence-corrected chi connectivity index (χ3v) is 3.84. The van der Waals surface area contributed by atoms with Crippen LogP contribution >= 0.6 is 0 Å². The second-order valence-corrected chi connectivity index (χ2v) is 5.41. The zero-order chi connectivity index (χ0) is 14.2. The minimum absolute atomic E-state index is 0.143. The highest BCUT2D eigenvalue weighted by molar-refractivity contribution is 5.75. The lowest BCUT2D eigenvalue weighted by molar-refractivity contribution is -0.121. The number of tetrazole rings is 1. The van der Waals surface area contributed by atoms with Crippen molar-refractivity contribution in [3.63, 3.8) is 0 Å². The van der Waals surface area contributed by atoms with Gasteiger partial charge in [0.1, 0.15) is 0 Å². The fourth-order valence-electron chi connectivity index (χ4n) is 2.56. The molecule has 1 amide bonds. The number of nitrogens with zero attached hydrogens (tertiary/aromatic N) is 4. The number of nitrogens with one attached hydrogen (secondary N) is 2. The van der Waals surface area contributed by atoms with Gasteiger partial charge in [-0.2, -0.15) is 5.21 Å². The Morgan fingerprint density at radius 3 is 2.95 bits per heavy atom. The first-order chi connectivity index (χ1) is 9.75. The van der Waals surface area contributed by atoms with Crippen LogP contribution in [-0.4, -0.2) is 57.1 Å². The first-order valence-corrected chi connectivity index (χ1v) is 7.49. The van der Waals surface area contributed by atoms with Gasteiger partial charge in [0.05, 0.1) is 0 Å². The average molecular weight is 280 g/mol. The van der Waals surface area contributed by atoms with Gasteiger partial charge in [-0.05, 0) is 45.7 Å². The molecule has 0 saturated carbocycles. The number of aryl methyl sites for hydroxylation is 1. The monoisotopic (exact) mass is 280 g/mol. The molecule has 7 nitrogen and oxygen atoms in total. The summed E-state index contributed by atoms with van der Waals surface area (Å²) in [4.78, 5) is 14.2. The zero-order valence-corrected chi connectivity index (χ0v) is 12.1. The molecule has 0 bridgehead atoms. The van der Waals surface area contributed by atoms with Gasteiger partial charge >= 0.3 is 0 Å². The van der Waals surface area contributed by atoms with Crippen molar-refractivity contribution in [3.05, 3.63) is 5.82 Å². The molecule has 1 saturated heterocycles. The van der Waals surface area contributed by atoms with E-state index in [0.717, 1.165) is 19.3 Å². The van der Waals surface area contributed by atoms with E-state index in [1.807, 2.05) is 0 Å². The molecule has 1 unspecified atom stereocenters. The van der Waals surface area contributed by atoms with Crippen LogP contribution in [-0.2, 0) is 11.2 Å². The van der Waals surface area contributed by atoms with E-state index in [0.29, 0.717) is 24.8 Å². The molecule has 0 spiro atoms. The number of carbonyl (C=O) groups excluding carboxylic acids is 1. The van der Waals surface area contributed by atoms with Crippen LogP contribution in [0.4, 0.5) is 0 Å². The molecule has 112 valence electrons. The highest BCUT2D eigenvalue weighted by atomic mass is 16.1. The molecular formula is C13H24N6O. The van der Waals surface area contributed by atoms with Gasteiger partial charge in [-0.3, -0.25) is 4.79 Å². The maximum Gasteiger partial charge on any atom is 0.220 e. The van der Waals surface area contributed by atoms with Crippen LogP contribution in [0, 0.1) is 0 Å². The molecule has 1 aromatic heterocycles. The van der Waals surface area contributed by atoms with E-state index < -0.39 is 0 Å². The van der Waals surface area contributed by atoms with Crippen molar-refractivity contribution in [2.75, 3.05) is 19.6 Å². The minimum atomic E-state index is 0.143. The van der Waals surface area contributed by atoms with Crippen molar-refractivity contribution in [2.45, 2.75) is 51.5 Å². The maximum atomic E-state index is 11.7. The number of hydrogen-bond donors (Lipinski definition) is 2. The number of hydrogen-bond acceptors (Lipinski definition) is 5. The Morgan fingerprint density at radius 2 is 2.25 bits per heavy atom. The maximum absolute atomic E-state index is 11.7. The smallest absolute Gasteiger partial charge is 0.220 e. The van der Waals surface area contributed by atoms with Crippen LogP contribution in [0.3, 0.4) is 0 Å². The molecule has 7 heteroatoms. The normalized spacial score (nSPS) is 17.2. The summed E-state index contributed by atoms with van der Waals surface area (Å²) in [6.45, 7) is 5.27. The van der Waals surface area contributed by atoms with Gasteiger partial charge in [-0.25, -0.2) is 0 Å². The molecule has 1 aliphatic rings. The van der Waals surface area contributed by atoms with Gasteiger partial charge in [-0.1, -0.05) is 5.21 Å². The molecule has 2 heterocycles. The van der Waals surface area contributed by atoms with E-state index in [-0.39, 0.29) is 5.91 Å². The van der Waals surface area contributed by atoms with Gasteiger partial charge in [0.2, 0.25) is 5.91 Å². The van der Waals surface area contributed by atoms with E-state index in [2.05, 4.69) is 37.8 Å². The van der Waals surface area contributed by atoms with Gasteiger partial charge in [0.15, 0.2) is 5.82 Å². The summed E-state index contributed by atoms with van der Waals surface area (Å²) in [7, 11) is 0. The summed E-state index contributed by atoms with van der Waals surface area (Å²) in [5, 5.41) is 16.6. The highest BCUT2D eigenvalue weighted by Crippen LogP contribution is 2.14. The quantitative estimate of drug-likeness (QED) is 0.678. The van der Waals surface area contributed by atoms with Crippen LogP contribution in [0.25, 0.3) is 0 Å². The van der Waals surface area contributed by atoms with Crippen LogP contribution in [0.1, 0.15) is 44.9 Å². The van der Waals surface area contributed by atoms with E-state index in [4.69, 9.17) is 0 Å². The lowest BCUT2D eigenvalue weighted by Gasteiger charge is -2.23. The average Bonchev–Trinajstić information content (AvgIpc) is 3.13. The fourth-order valence-corrected chi connectivity index (χ4v) is 2.56. The van der Waals surface area contributed by atoms with E-state index in [1.54, 1.807) is 0 Å². The van der Waals surface area contributed by atoms with Crippen LogP contribution in [0.15, 0.2) is 0 Å². The number of likely N-dealkylation sites (tertiary alicyclic amines) is 1. The zero-order valence-electron chi connectivity index (χ0n) is 12.1. The number of carbonyl (C=O) groups is 1. The Kier molecular flexibility index (Phi) is 5.91. The Bertz CT molecular complexity index is 388. The topological polar surface area (TPSA) is 86.8 Å². The van der Waals surface area contributed by atoms with Crippen molar-refractivity contribution in [2.24, 2.45) is 0 Å². The van der Waals surface area contributed by atoms with Crippen molar-refractivity contribution < 1.29 is 4.79 Å². The lowest BCUT2D eigenvalue weighted by Crippen LogP contribution is -2.32. The summed E-state index contributed by atoms with van der Waals surface area (Å²) in [5.41, 5.74) is 0. The van der Waals surface area contributed by atoms with Gasteiger partial charge < -0.3 is 10.2 Å². The van der Waals surface area contributed by atoms with E-state index in [1.165, 1.54) is 25.9 Å². The molecule has 1 aromatic rings. The predicted molar refractivity (Wildman–Crippen MR) is 75.0 cm³/mol. The van der Waals surface area contributed by atoms with E-state index in [9.17, 15) is 4.79 Å². The Labute approximate surface area is 119 Å². The molecule has 2 N–H and O–H groups in total. The van der Waals surface area contributed by atoms with Gasteiger partial charge in [0.25, 0.3) is 0 Å². The first kappa shape index (κ1) is 14.9. The third-order valence-electron chi connectivity index (χ3n) is 3.84. The number of aromatic nitrogens is 4. The molecule has 0 aliphatic carbocycles. The lowest BCUT2D eigenvalue weighted by atomic mass is 10.1. The van der Waals surface area contributed by atoms with Gasteiger partial charge in [0, 0.05) is 25.4 Å². The highest BCUT2D eigenvalue weighted by Gasteiger charge is 2.18. The SMILES string of the molecule is CC(CCC(=O)NCCCc1nn[nH]n1)N1CCCC1. The van der Waals surface area contributed by atoms with Crippen LogP contribution < -0.4 is 5.32 Å². The Hall–Kier alpha value is -1.50. The third kappa shape index (κ3) is 4.88. The second-order valence-electron chi connectivity index (χ2n) is 5.41. The molecule has 0 aromatic carbocycles. The van der Waals surface area contributed by atoms with Crippen molar-refractivity contribution in [1.82, 2.24) is 30.8 Å². The summed E-state index contributed by atoms with van der Waals surface area (Å²) in [5.74, 6) is 0.839. The summed E-state index contributed by atoms with van der Waals surface area (Å²) < 4.78 is 0. The first-order valence-electron chi connectivity index (χ1n) is 7.49. The van der Waals surface area contributed by atoms with Crippen molar-refractivity contribution in [3.8, 4) is 0 Å². The molecule has 1 atom stereocenters. The van der Waals surface area contributed by atoms with Gasteiger partial charge in [-0.15, -0.1) is 10.2 Å². The standard InChI is InChI=1S/C13H24N6O/c1-11(19-9-2-3-10-19)6-7-13(20)14-8-4-5-12-15-17-18-16-12/h11H,2-10H2,1H3,(H,14,20)(H,15,16,17,18). The number of aromatic amines is 1. The predicted octanol–water partition coefficient (Wildman–Crippen LogP) is 0.513. The van der Waals surface area contributed by atoms with Crippen LogP contribution in [0.5, 0.6) is 0 Å². The molecule has 2 rings (SSSR count).